The van der Waals surface area contributed by atoms with Gasteiger partial charge in [0.15, 0.2) is 0 Å². The summed E-state index contributed by atoms with van der Waals surface area (Å²) < 4.78 is 0. The zero-order valence-corrected chi connectivity index (χ0v) is 15.5. The van der Waals surface area contributed by atoms with Crippen LogP contribution in [0, 0.1) is 6.42 Å². The van der Waals surface area contributed by atoms with E-state index >= 15 is 0 Å². The third kappa shape index (κ3) is 2.37. The van der Waals surface area contributed by atoms with Crippen molar-refractivity contribution in [2.75, 3.05) is 5.88 Å². The van der Waals surface area contributed by atoms with Gasteiger partial charge in [0.25, 0.3) is 0 Å². The molecule has 125 valence electrons. The van der Waals surface area contributed by atoms with Gasteiger partial charge < -0.3 is 0 Å². The third-order valence-electron chi connectivity index (χ3n) is 5.08. The van der Waals surface area contributed by atoms with Crippen molar-refractivity contribution in [3.63, 3.8) is 0 Å². The van der Waals surface area contributed by atoms with Crippen LogP contribution in [-0.4, -0.2) is 5.88 Å². The number of alkyl halides is 1. The molecule has 0 saturated carbocycles. The second-order valence-electron chi connectivity index (χ2n) is 6.62. The minimum atomic E-state index is 0.523. The number of hydrogen-bond donors (Lipinski definition) is 0. The van der Waals surface area contributed by atoms with E-state index in [2.05, 4.69) is 67.1 Å². The molecule has 4 aromatic carbocycles. The van der Waals surface area contributed by atoms with Crippen molar-refractivity contribution in [2.24, 2.45) is 0 Å². The molecule has 4 aromatic rings. The van der Waals surface area contributed by atoms with Gasteiger partial charge >= 0.3 is 0 Å². The Hall–Kier alpha value is -2.28. The van der Waals surface area contributed by atoms with Gasteiger partial charge in [-0.1, -0.05) is 78.3 Å². The number of benzene rings is 4. The average molecular weight is 374 g/mol. The Kier molecular flexibility index (Phi) is 3.77. The highest BCUT2D eigenvalue weighted by molar-refractivity contribution is 6.42. The van der Waals surface area contributed by atoms with Crippen LogP contribution in [0.3, 0.4) is 0 Å². The van der Waals surface area contributed by atoms with Crippen molar-refractivity contribution in [1.29, 1.82) is 0 Å². The SMILES string of the molecule is ClCC1=Cc2c(cccc2-c2cccc3cc4ccccc4c(Cl)c23)[CH]1. The van der Waals surface area contributed by atoms with Gasteiger partial charge in [0, 0.05) is 23.1 Å². The van der Waals surface area contributed by atoms with Crippen molar-refractivity contribution >= 4 is 50.8 Å². The highest BCUT2D eigenvalue weighted by Crippen LogP contribution is 2.42. The fourth-order valence-corrected chi connectivity index (χ4v) is 4.43. The second-order valence-corrected chi connectivity index (χ2v) is 7.27. The molecule has 1 aliphatic rings. The van der Waals surface area contributed by atoms with Crippen LogP contribution in [0.25, 0.3) is 38.7 Å². The van der Waals surface area contributed by atoms with E-state index in [1.807, 2.05) is 12.1 Å². The molecule has 0 fully saturated rings. The summed E-state index contributed by atoms with van der Waals surface area (Å²) in [6.45, 7) is 0. The predicted octanol–water partition coefficient (Wildman–Crippen LogP) is 7.50. The van der Waals surface area contributed by atoms with E-state index in [9.17, 15) is 0 Å². The van der Waals surface area contributed by atoms with Crippen molar-refractivity contribution in [2.45, 2.75) is 0 Å². The molecule has 0 heterocycles. The first kappa shape index (κ1) is 15.9. The highest BCUT2D eigenvalue weighted by atomic mass is 35.5. The lowest BCUT2D eigenvalue weighted by molar-refractivity contribution is 1.45. The quantitative estimate of drug-likeness (QED) is 0.252. The number of allylic oxidation sites excluding steroid dienone is 1. The molecule has 0 aromatic heterocycles. The van der Waals surface area contributed by atoms with E-state index < -0.39 is 0 Å². The van der Waals surface area contributed by atoms with Crippen molar-refractivity contribution in [3.8, 4) is 11.1 Å². The molecule has 0 nitrogen and oxygen atoms in total. The molecule has 1 radical (unpaired) electrons. The first-order valence-corrected chi connectivity index (χ1v) is 9.52. The fourth-order valence-electron chi connectivity index (χ4n) is 3.89. The van der Waals surface area contributed by atoms with Gasteiger partial charge in [-0.2, -0.15) is 0 Å². The second kappa shape index (κ2) is 6.16. The molecular weight excluding hydrogens is 359 g/mol. The molecule has 2 heteroatoms. The Labute approximate surface area is 162 Å². The van der Waals surface area contributed by atoms with Crippen LogP contribution in [0.1, 0.15) is 11.1 Å². The van der Waals surface area contributed by atoms with Crippen molar-refractivity contribution in [3.05, 3.63) is 94.9 Å². The molecule has 0 N–H and O–H groups in total. The van der Waals surface area contributed by atoms with Crippen LogP contribution in [0.5, 0.6) is 0 Å². The lowest BCUT2D eigenvalue weighted by Gasteiger charge is -2.14. The summed E-state index contributed by atoms with van der Waals surface area (Å²) in [5, 5.41) is 5.33. The summed E-state index contributed by atoms with van der Waals surface area (Å²) in [5.74, 6) is 0.523. The van der Waals surface area contributed by atoms with Crippen LogP contribution >= 0.6 is 23.2 Å². The summed E-state index contributed by atoms with van der Waals surface area (Å²) >= 11 is 13.0. The Morgan fingerprint density at radius 2 is 1.54 bits per heavy atom. The Bertz CT molecular complexity index is 1200. The summed E-state index contributed by atoms with van der Waals surface area (Å²) in [7, 11) is 0. The Morgan fingerprint density at radius 1 is 0.769 bits per heavy atom. The summed E-state index contributed by atoms with van der Waals surface area (Å²) in [5.41, 5.74) is 5.94. The summed E-state index contributed by atoms with van der Waals surface area (Å²) in [6, 6.07) is 23.3. The van der Waals surface area contributed by atoms with Crippen molar-refractivity contribution < 1.29 is 0 Å². The first-order chi connectivity index (χ1) is 12.8. The van der Waals surface area contributed by atoms with Gasteiger partial charge in [0.1, 0.15) is 0 Å². The van der Waals surface area contributed by atoms with Gasteiger partial charge in [-0.05, 0) is 44.7 Å². The fraction of sp³-hybridized carbons (Fsp3) is 0.0417. The van der Waals surface area contributed by atoms with Gasteiger partial charge in [0.2, 0.25) is 0 Å². The summed E-state index contributed by atoms with van der Waals surface area (Å²) in [4.78, 5) is 0. The lowest BCUT2D eigenvalue weighted by atomic mass is 9.92. The van der Waals surface area contributed by atoms with Gasteiger partial charge in [-0.25, -0.2) is 0 Å². The zero-order chi connectivity index (χ0) is 17.7. The molecule has 0 saturated heterocycles. The molecule has 0 unspecified atom stereocenters. The smallest absolute Gasteiger partial charge is 0.0569 e. The zero-order valence-electron chi connectivity index (χ0n) is 14.0. The molecule has 0 spiro atoms. The molecule has 5 rings (SSSR count). The van der Waals surface area contributed by atoms with Crippen LogP contribution in [-0.2, 0) is 0 Å². The molecule has 0 atom stereocenters. The van der Waals surface area contributed by atoms with Crippen LogP contribution < -0.4 is 0 Å². The monoisotopic (exact) mass is 373 g/mol. The Balaban J connectivity index is 1.86. The van der Waals surface area contributed by atoms with Crippen molar-refractivity contribution in [1.82, 2.24) is 0 Å². The third-order valence-corrected chi connectivity index (χ3v) is 5.78. The number of rotatable bonds is 2. The van der Waals surface area contributed by atoms with E-state index in [0.29, 0.717) is 5.88 Å². The topological polar surface area (TPSA) is 0 Å². The highest BCUT2D eigenvalue weighted by Gasteiger charge is 2.18. The standard InChI is InChI=1S/C24H15Cl2/c25-14-15-11-16-6-3-9-20(22(16)12-15)21-10-4-7-18-13-17-5-1-2-8-19(17)24(26)23(18)21/h1-13H,14H2. The number of fused-ring (bicyclic) bond motifs is 3. The molecule has 0 bridgehead atoms. The van der Waals surface area contributed by atoms with Gasteiger partial charge in [-0.15, -0.1) is 11.6 Å². The van der Waals surface area contributed by atoms with Crippen LogP contribution in [0.15, 0.2) is 72.3 Å². The number of hydrogen-bond acceptors (Lipinski definition) is 0. The minimum absolute atomic E-state index is 0.523. The number of halogens is 2. The Morgan fingerprint density at radius 3 is 2.42 bits per heavy atom. The average Bonchev–Trinajstić information content (AvgIpc) is 3.11. The molecule has 1 aliphatic carbocycles. The van der Waals surface area contributed by atoms with E-state index in [4.69, 9.17) is 23.2 Å². The van der Waals surface area contributed by atoms with Gasteiger partial charge in [-0.3, -0.25) is 0 Å². The largest absolute Gasteiger partial charge is 0.122 e. The first-order valence-electron chi connectivity index (χ1n) is 8.61. The maximum Gasteiger partial charge on any atom is 0.0569 e. The maximum atomic E-state index is 6.89. The van der Waals surface area contributed by atoms with Gasteiger partial charge in [0.05, 0.1) is 5.02 Å². The summed E-state index contributed by atoms with van der Waals surface area (Å²) in [6.07, 6.45) is 4.35. The van der Waals surface area contributed by atoms with E-state index in [-0.39, 0.29) is 0 Å². The predicted molar refractivity (Wildman–Crippen MR) is 114 cm³/mol. The van der Waals surface area contributed by atoms with E-state index in [0.717, 1.165) is 37.7 Å². The minimum Gasteiger partial charge on any atom is -0.122 e. The van der Waals surface area contributed by atoms with E-state index in [1.165, 1.54) is 16.7 Å². The lowest BCUT2D eigenvalue weighted by Crippen LogP contribution is -1.89. The molecule has 0 amide bonds. The maximum absolute atomic E-state index is 6.89. The van der Waals surface area contributed by atoms with E-state index in [1.54, 1.807) is 0 Å². The molecule has 26 heavy (non-hydrogen) atoms. The van der Waals surface area contributed by atoms with Crippen LogP contribution in [0.4, 0.5) is 0 Å². The van der Waals surface area contributed by atoms with Crippen LogP contribution in [0.2, 0.25) is 5.02 Å². The normalized spacial score (nSPS) is 13.2. The molecular formula is C24H15Cl2. The molecule has 0 aliphatic heterocycles.